The van der Waals surface area contributed by atoms with E-state index in [-0.39, 0.29) is 25.0 Å². The van der Waals surface area contributed by atoms with Crippen LogP contribution in [-0.4, -0.2) is 56.7 Å². The summed E-state index contributed by atoms with van der Waals surface area (Å²) in [6, 6.07) is 10.7. The van der Waals surface area contributed by atoms with Crippen molar-refractivity contribution in [3.05, 3.63) is 53.2 Å². The Kier molecular flexibility index (Phi) is 6.56. The van der Waals surface area contributed by atoms with Gasteiger partial charge in [0.2, 0.25) is 5.82 Å². The molecule has 4 rings (SSSR count). The van der Waals surface area contributed by atoms with Gasteiger partial charge in [0.15, 0.2) is 0 Å². The molecular formula is C24H23ClN4O5. The van der Waals surface area contributed by atoms with Gasteiger partial charge in [0.1, 0.15) is 5.75 Å². The monoisotopic (exact) mass is 482 g/mol. The summed E-state index contributed by atoms with van der Waals surface area (Å²) < 4.78 is 11.1. The van der Waals surface area contributed by atoms with Crippen molar-refractivity contribution < 1.29 is 24.0 Å². The number of benzene rings is 2. The minimum atomic E-state index is -0.961. The van der Waals surface area contributed by atoms with Crippen LogP contribution in [0.1, 0.15) is 30.6 Å². The van der Waals surface area contributed by atoms with E-state index in [9.17, 15) is 9.59 Å². The van der Waals surface area contributed by atoms with E-state index in [1.165, 1.54) is 4.90 Å². The number of carbonyl (C=O) groups excluding carboxylic acids is 1. The molecule has 0 fully saturated rings. The van der Waals surface area contributed by atoms with Crippen molar-refractivity contribution in [2.24, 2.45) is 0 Å². The Hall–Kier alpha value is -3.85. The Balaban J connectivity index is 1.63. The fourth-order valence-electron chi connectivity index (χ4n) is 3.52. The molecule has 0 aliphatic heterocycles. The van der Waals surface area contributed by atoms with Gasteiger partial charge in [0.05, 0.1) is 28.6 Å². The van der Waals surface area contributed by atoms with Gasteiger partial charge in [-0.2, -0.15) is 4.98 Å². The molecule has 0 atom stereocenters. The van der Waals surface area contributed by atoms with Gasteiger partial charge in [-0.3, -0.25) is 9.59 Å². The lowest BCUT2D eigenvalue weighted by Crippen LogP contribution is -2.28. The normalized spacial score (nSPS) is 11.2. The summed E-state index contributed by atoms with van der Waals surface area (Å²) in [6.45, 7) is 3.95. The fraction of sp³-hybridized carbons (Fsp3) is 0.250. The van der Waals surface area contributed by atoms with Crippen molar-refractivity contribution in [1.29, 1.82) is 0 Å². The number of nitrogens with one attached hydrogen (secondary N) is 1. The second-order valence-electron chi connectivity index (χ2n) is 8.04. The minimum absolute atomic E-state index is 0.00614. The minimum Gasteiger partial charge on any atom is -0.489 e. The molecule has 0 aliphatic rings. The Bertz CT molecular complexity index is 1360. The fourth-order valence-corrected chi connectivity index (χ4v) is 3.75. The first-order valence-electron chi connectivity index (χ1n) is 10.6. The van der Waals surface area contributed by atoms with Crippen LogP contribution in [-0.2, 0) is 4.79 Å². The summed E-state index contributed by atoms with van der Waals surface area (Å²) in [7, 11) is 1.57. The number of H-pyrrole nitrogens is 1. The number of aromatic nitrogens is 3. The molecule has 176 valence electrons. The van der Waals surface area contributed by atoms with Crippen LogP contribution in [0.2, 0.25) is 5.02 Å². The van der Waals surface area contributed by atoms with E-state index in [0.717, 1.165) is 0 Å². The molecule has 0 radical (unpaired) electrons. The average molecular weight is 483 g/mol. The molecule has 0 bridgehead atoms. The number of carbonyl (C=O) groups is 2. The third-order valence-electron chi connectivity index (χ3n) is 5.16. The van der Waals surface area contributed by atoms with E-state index in [0.29, 0.717) is 50.1 Å². The van der Waals surface area contributed by atoms with Gasteiger partial charge in [-0.05, 0) is 38.1 Å². The number of amides is 1. The van der Waals surface area contributed by atoms with Crippen LogP contribution in [0, 0.1) is 0 Å². The summed E-state index contributed by atoms with van der Waals surface area (Å²) in [6.07, 6.45) is 1.46. The van der Waals surface area contributed by atoms with Crippen molar-refractivity contribution in [3.63, 3.8) is 0 Å². The maximum absolute atomic E-state index is 12.8. The zero-order valence-corrected chi connectivity index (χ0v) is 19.6. The van der Waals surface area contributed by atoms with E-state index in [2.05, 4.69) is 15.1 Å². The molecule has 0 spiro atoms. The number of para-hydroxylation sites is 1. The summed E-state index contributed by atoms with van der Waals surface area (Å²) in [5, 5.41) is 14.1. The Labute approximate surface area is 200 Å². The third-order valence-corrected chi connectivity index (χ3v) is 5.46. The van der Waals surface area contributed by atoms with Gasteiger partial charge in [-0.25, -0.2) is 0 Å². The number of hydrogen-bond donors (Lipinski definition) is 2. The lowest BCUT2D eigenvalue weighted by molar-refractivity contribution is -0.137. The van der Waals surface area contributed by atoms with Gasteiger partial charge >= 0.3 is 5.97 Å². The second kappa shape index (κ2) is 9.56. The van der Waals surface area contributed by atoms with Crippen molar-refractivity contribution >= 4 is 34.4 Å². The lowest BCUT2D eigenvalue weighted by Gasteiger charge is -2.15. The number of ether oxygens (including phenoxy) is 1. The number of nitrogens with zero attached hydrogens (tertiary/aromatic N) is 3. The largest absolute Gasteiger partial charge is 0.489 e. The molecule has 9 nitrogen and oxygen atoms in total. The van der Waals surface area contributed by atoms with Crippen molar-refractivity contribution in [3.8, 4) is 28.6 Å². The van der Waals surface area contributed by atoms with Crippen LogP contribution >= 0.6 is 11.6 Å². The Morgan fingerprint density at radius 1 is 1.26 bits per heavy atom. The molecule has 2 heterocycles. The predicted molar refractivity (Wildman–Crippen MR) is 127 cm³/mol. The van der Waals surface area contributed by atoms with Gasteiger partial charge in [0, 0.05) is 36.3 Å². The number of carboxylic acids is 1. The Morgan fingerprint density at radius 2 is 2.06 bits per heavy atom. The average Bonchev–Trinajstić information content (AvgIpc) is 3.45. The molecule has 0 aliphatic carbocycles. The maximum Gasteiger partial charge on any atom is 0.305 e. The summed E-state index contributed by atoms with van der Waals surface area (Å²) in [5.74, 6) is -0.0312. The van der Waals surface area contributed by atoms with E-state index >= 15 is 0 Å². The van der Waals surface area contributed by atoms with Crippen molar-refractivity contribution in [2.75, 3.05) is 13.6 Å². The number of hydrogen-bond acceptors (Lipinski definition) is 6. The quantitative estimate of drug-likeness (QED) is 0.367. The van der Waals surface area contributed by atoms with E-state index in [1.54, 1.807) is 37.5 Å². The van der Waals surface area contributed by atoms with E-state index in [1.807, 2.05) is 26.0 Å². The highest BCUT2D eigenvalue weighted by Gasteiger charge is 2.20. The highest BCUT2D eigenvalue weighted by Crippen LogP contribution is 2.33. The summed E-state index contributed by atoms with van der Waals surface area (Å²) in [5.41, 5.74) is 2.41. The van der Waals surface area contributed by atoms with Crippen LogP contribution in [0.5, 0.6) is 5.75 Å². The number of aliphatic carboxylic acids is 1. The molecule has 0 saturated carbocycles. The highest BCUT2D eigenvalue weighted by molar-refractivity contribution is 6.32. The summed E-state index contributed by atoms with van der Waals surface area (Å²) in [4.78, 5) is 32.7. The standard InChI is InChI=1S/C24H23ClN4O5/c1-13(2)33-19-8-7-14(11-18(19)25)23-27-22(28-34-23)16-6-4-5-15-17(12-26-21(15)16)24(32)29(3)10-9-20(30)31/h4-8,11-13,26H,9-10H2,1-3H3,(H,30,31). The van der Waals surface area contributed by atoms with Crippen LogP contribution in [0.25, 0.3) is 33.7 Å². The second-order valence-corrected chi connectivity index (χ2v) is 8.44. The molecule has 2 N–H and O–H groups in total. The van der Waals surface area contributed by atoms with Crippen LogP contribution in [0.15, 0.2) is 47.1 Å². The maximum atomic E-state index is 12.8. The summed E-state index contributed by atoms with van der Waals surface area (Å²) >= 11 is 6.33. The number of halogens is 1. The molecule has 2 aromatic carbocycles. The zero-order valence-electron chi connectivity index (χ0n) is 18.8. The molecule has 10 heteroatoms. The molecule has 0 saturated heterocycles. The van der Waals surface area contributed by atoms with Gasteiger partial charge in [-0.1, -0.05) is 28.9 Å². The van der Waals surface area contributed by atoms with Crippen molar-refractivity contribution in [2.45, 2.75) is 26.4 Å². The highest BCUT2D eigenvalue weighted by atomic mass is 35.5. The zero-order chi connectivity index (χ0) is 24.4. The van der Waals surface area contributed by atoms with Gasteiger partial charge in [0.25, 0.3) is 11.8 Å². The molecule has 0 unspecified atom stereocenters. The number of carboxylic acid groups (broad SMARTS) is 1. The third kappa shape index (κ3) is 4.74. The molecule has 4 aromatic rings. The SMILES string of the molecule is CC(C)Oc1ccc(-c2nc(-c3cccc4c(C(=O)N(C)CCC(=O)O)c[nH]c34)no2)cc1Cl. The first kappa shape index (κ1) is 23.3. The number of aromatic amines is 1. The van der Waals surface area contributed by atoms with Crippen LogP contribution in [0.4, 0.5) is 0 Å². The molecular weight excluding hydrogens is 460 g/mol. The first-order valence-corrected chi connectivity index (χ1v) is 11.0. The molecule has 34 heavy (non-hydrogen) atoms. The smallest absolute Gasteiger partial charge is 0.305 e. The first-order chi connectivity index (χ1) is 16.2. The van der Waals surface area contributed by atoms with Gasteiger partial charge < -0.3 is 24.3 Å². The number of fused-ring (bicyclic) bond motifs is 1. The van der Waals surface area contributed by atoms with E-state index in [4.69, 9.17) is 26.0 Å². The van der Waals surface area contributed by atoms with Crippen LogP contribution < -0.4 is 4.74 Å². The van der Waals surface area contributed by atoms with E-state index < -0.39 is 5.97 Å². The lowest BCUT2D eigenvalue weighted by atomic mass is 10.1. The predicted octanol–water partition coefficient (Wildman–Crippen LogP) is 4.87. The Morgan fingerprint density at radius 3 is 2.76 bits per heavy atom. The molecule has 2 aromatic heterocycles. The van der Waals surface area contributed by atoms with Gasteiger partial charge in [-0.15, -0.1) is 0 Å². The molecule has 1 amide bonds. The van der Waals surface area contributed by atoms with Crippen LogP contribution in [0.3, 0.4) is 0 Å². The number of rotatable bonds is 8. The van der Waals surface area contributed by atoms with Crippen molar-refractivity contribution in [1.82, 2.24) is 20.0 Å². The topological polar surface area (TPSA) is 122 Å².